The highest BCUT2D eigenvalue weighted by Crippen LogP contribution is 2.30. The van der Waals surface area contributed by atoms with E-state index in [1.54, 1.807) is 0 Å². The van der Waals surface area contributed by atoms with E-state index in [1.807, 2.05) is 19.3 Å². The van der Waals surface area contributed by atoms with Crippen LogP contribution in [0.5, 0.6) is 5.75 Å². The summed E-state index contributed by atoms with van der Waals surface area (Å²) in [4.78, 5) is 4.49. The van der Waals surface area contributed by atoms with Gasteiger partial charge >= 0.3 is 0 Å². The third-order valence-corrected chi connectivity index (χ3v) is 3.57. The molecule has 0 aliphatic carbocycles. The quantitative estimate of drug-likeness (QED) is 0.914. The van der Waals surface area contributed by atoms with Crippen molar-refractivity contribution in [2.24, 2.45) is 0 Å². The van der Waals surface area contributed by atoms with Crippen LogP contribution in [0.15, 0.2) is 36.5 Å². The minimum absolute atomic E-state index is 0.130. The number of aromatic nitrogens is 1. The first kappa shape index (κ1) is 12.2. The molecule has 2 heterocycles. The average molecular weight is 254 g/mol. The van der Waals surface area contributed by atoms with E-state index in [9.17, 15) is 0 Å². The van der Waals surface area contributed by atoms with Gasteiger partial charge in [0, 0.05) is 12.6 Å². The zero-order valence-corrected chi connectivity index (χ0v) is 11.3. The zero-order chi connectivity index (χ0) is 13.2. The smallest absolute Gasteiger partial charge is 0.122 e. The molecular weight excluding hydrogens is 236 g/mol. The Labute approximate surface area is 113 Å². The van der Waals surface area contributed by atoms with E-state index >= 15 is 0 Å². The van der Waals surface area contributed by atoms with Crippen LogP contribution in [0.25, 0.3) is 0 Å². The summed E-state index contributed by atoms with van der Waals surface area (Å²) >= 11 is 0. The predicted molar refractivity (Wildman–Crippen MR) is 75.5 cm³/mol. The third kappa shape index (κ3) is 2.34. The average Bonchev–Trinajstić information content (AvgIpc) is 2.87. The molecule has 3 rings (SSSR count). The highest BCUT2D eigenvalue weighted by molar-refractivity contribution is 5.42. The predicted octanol–water partition coefficient (Wildman–Crippen LogP) is 2.63. The number of ether oxygens (including phenoxy) is 1. The molecule has 0 saturated heterocycles. The number of pyridine rings is 1. The molecule has 1 N–H and O–H groups in total. The molecular formula is C16H18N2O. The van der Waals surface area contributed by atoms with Gasteiger partial charge < -0.3 is 10.1 Å². The molecule has 0 amide bonds. The highest BCUT2D eigenvalue weighted by Gasteiger charge is 2.18. The maximum absolute atomic E-state index is 5.56. The fourth-order valence-corrected chi connectivity index (χ4v) is 2.59. The summed E-state index contributed by atoms with van der Waals surface area (Å²) in [6.45, 7) is 2.89. The Balaban J connectivity index is 1.98. The van der Waals surface area contributed by atoms with Gasteiger partial charge in [-0.3, -0.25) is 4.98 Å². The second kappa shape index (κ2) is 5.02. The Bertz CT molecular complexity index is 595. The number of hydrogen-bond donors (Lipinski definition) is 1. The molecule has 3 nitrogen and oxygen atoms in total. The van der Waals surface area contributed by atoms with Crippen molar-refractivity contribution in [3.05, 3.63) is 58.9 Å². The van der Waals surface area contributed by atoms with Crippen LogP contribution in [0, 0.1) is 6.92 Å². The molecule has 1 aliphatic rings. The summed E-state index contributed by atoms with van der Waals surface area (Å²) in [7, 11) is 1.97. The van der Waals surface area contributed by atoms with Gasteiger partial charge in [-0.05, 0) is 48.9 Å². The van der Waals surface area contributed by atoms with Crippen molar-refractivity contribution in [1.82, 2.24) is 10.3 Å². The van der Waals surface area contributed by atoms with E-state index < -0.39 is 0 Å². The van der Waals surface area contributed by atoms with E-state index in [0.29, 0.717) is 0 Å². The van der Waals surface area contributed by atoms with Crippen LogP contribution in [0.2, 0.25) is 0 Å². The maximum atomic E-state index is 5.56. The second-order valence-electron chi connectivity index (χ2n) is 4.95. The van der Waals surface area contributed by atoms with Crippen LogP contribution < -0.4 is 10.1 Å². The highest BCUT2D eigenvalue weighted by atomic mass is 16.5. The summed E-state index contributed by atoms with van der Waals surface area (Å²) < 4.78 is 5.56. The molecule has 0 radical (unpaired) electrons. The Morgan fingerprint density at radius 1 is 1.26 bits per heavy atom. The van der Waals surface area contributed by atoms with Gasteiger partial charge in [0.15, 0.2) is 0 Å². The molecule has 2 aromatic rings. The lowest BCUT2D eigenvalue weighted by Crippen LogP contribution is -2.19. The number of rotatable bonds is 3. The lowest BCUT2D eigenvalue weighted by atomic mass is 9.99. The molecule has 98 valence electrons. The topological polar surface area (TPSA) is 34.1 Å². The first-order chi connectivity index (χ1) is 9.28. The van der Waals surface area contributed by atoms with Gasteiger partial charge in [0.05, 0.1) is 18.3 Å². The van der Waals surface area contributed by atoms with Gasteiger partial charge in [-0.25, -0.2) is 0 Å². The van der Waals surface area contributed by atoms with E-state index in [2.05, 4.69) is 41.5 Å². The molecule has 0 saturated carbocycles. The van der Waals surface area contributed by atoms with Crippen LogP contribution in [0.4, 0.5) is 0 Å². The molecule has 0 spiro atoms. The van der Waals surface area contributed by atoms with E-state index in [-0.39, 0.29) is 6.04 Å². The van der Waals surface area contributed by atoms with Crippen molar-refractivity contribution in [1.29, 1.82) is 0 Å². The van der Waals surface area contributed by atoms with Crippen molar-refractivity contribution >= 4 is 0 Å². The van der Waals surface area contributed by atoms with Crippen LogP contribution >= 0.6 is 0 Å². The normalized spacial score (nSPS) is 14.8. The molecule has 1 aromatic carbocycles. The molecule has 1 aromatic heterocycles. The van der Waals surface area contributed by atoms with Crippen molar-refractivity contribution in [3.63, 3.8) is 0 Å². The Morgan fingerprint density at radius 2 is 2.16 bits per heavy atom. The molecule has 19 heavy (non-hydrogen) atoms. The SMILES string of the molecule is CNC(c1ccc2c(c1)CCO2)c1cc(C)ccn1. The summed E-state index contributed by atoms with van der Waals surface area (Å²) in [6.07, 6.45) is 2.87. The van der Waals surface area contributed by atoms with Crippen LogP contribution in [-0.4, -0.2) is 18.6 Å². The lowest BCUT2D eigenvalue weighted by molar-refractivity contribution is 0.357. The molecule has 3 heteroatoms. The van der Waals surface area contributed by atoms with Crippen LogP contribution in [0.1, 0.15) is 28.4 Å². The van der Waals surface area contributed by atoms with Crippen molar-refractivity contribution in [3.8, 4) is 5.75 Å². The van der Waals surface area contributed by atoms with Gasteiger partial charge in [0.2, 0.25) is 0 Å². The number of nitrogens with one attached hydrogen (secondary N) is 1. The molecule has 0 bridgehead atoms. The van der Waals surface area contributed by atoms with Crippen molar-refractivity contribution in [2.45, 2.75) is 19.4 Å². The maximum Gasteiger partial charge on any atom is 0.122 e. The fraction of sp³-hybridized carbons (Fsp3) is 0.312. The summed E-state index contributed by atoms with van der Waals surface area (Å²) in [5.74, 6) is 1.02. The zero-order valence-electron chi connectivity index (χ0n) is 11.3. The monoisotopic (exact) mass is 254 g/mol. The van der Waals surface area contributed by atoms with Gasteiger partial charge in [-0.15, -0.1) is 0 Å². The van der Waals surface area contributed by atoms with Gasteiger partial charge in [-0.1, -0.05) is 12.1 Å². The van der Waals surface area contributed by atoms with Gasteiger partial charge in [0.25, 0.3) is 0 Å². The van der Waals surface area contributed by atoms with Gasteiger partial charge in [-0.2, -0.15) is 0 Å². The van der Waals surface area contributed by atoms with Crippen LogP contribution in [0.3, 0.4) is 0 Å². The second-order valence-corrected chi connectivity index (χ2v) is 4.95. The Morgan fingerprint density at radius 3 is 2.95 bits per heavy atom. The third-order valence-electron chi connectivity index (χ3n) is 3.57. The number of benzene rings is 1. The van der Waals surface area contributed by atoms with E-state index in [4.69, 9.17) is 4.74 Å². The van der Waals surface area contributed by atoms with Gasteiger partial charge in [0.1, 0.15) is 5.75 Å². The van der Waals surface area contributed by atoms with E-state index in [0.717, 1.165) is 24.5 Å². The lowest BCUT2D eigenvalue weighted by Gasteiger charge is -2.17. The van der Waals surface area contributed by atoms with Crippen LogP contribution in [-0.2, 0) is 6.42 Å². The summed E-state index contributed by atoms with van der Waals surface area (Å²) in [5, 5.41) is 3.35. The van der Waals surface area contributed by atoms with Crippen molar-refractivity contribution < 1.29 is 4.74 Å². The summed E-state index contributed by atoms with van der Waals surface area (Å²) in [5.41, 5.74) is 4.83. The Kier molecular flexibility index (Phi) is 3.22. The minimum atomic E-state index is 0.130. The fourth-order valence-electron chi connectivity index (χ4n) is 2.59. The Hall–Kier alpha value is -1.87. The number of fused-ring (bicyclic) bond motifs is 1. The molecule has 1 aliphatic heterocycles. The molecule has 1 unspecified atom stereocenters. The summed E-state index contributed by atoms with van der Waals surface area (Å²) in [6, 6.07) is 10.7. The standard InChI is InChI=1S/C16H18N2O/c1-11-5-7-18-14(9-11)16(17-2)13-3-4-15-12(10-13)6-8-19-15/h3-5,7,9-10,16-17H,6,8H2,1-2H3. The first-order valence-corrected chi connectivity index (χ1v) is 6.63. The van der Waals surface area contributed by atoms with E-state index in [1.165, 1.54) is 16.7 Å². The number of hydrogen-bond acceptors (Lipinski definition) is 3. The number of aryl methyl sites for hydroxylation is 1. The van der Waals surface area contributed by atoms with Crippen molar-refractivity contribution in [2.75, 3.05) is 13.7 Å². The minimum Gasteiger partial charge on any atom is -0.493 e. The first-order valence-electron chi connectivity index (χ1n) is 6.63. The largest absolute Gasteiger partial charge is 0.493 e. The molecule has 0 fully saturated rings. The number of nitrogens with zero attached hydrogens (tertiary/aromatic N) is 1. The molecule has 1 atom stereocenters.